The summed E-state index contributed by atoms with van der Waals surface area (Å²) in [5.74, 6) is -0.141. The molecule has 0 saturated carbocycles. The van der Waals surface area contributed by atoms with E-state index >= 15 is 0 Å². The normalized spacial score (nSPS) is 14.5. The van der Waals surface area contributed by atoms with E-state index in [9.17, 15) is 9.18 Å². The van der Waals surface area contributed by atoms with Gasteiger partial charge in [0, 0.05) is 42.9 Å². The van der Waals surface area contributed by atoms with Crippen molar-refractivity contribution in [3.05, 3.63) is 63.2 Å². The number of carbonyl (C=O) groups is 1. The first-order chi connectivity index (χ1) is 12.1. The summed E-state index contributed by atoms with van der Waals surface area (Å²) in [4.78, 5) is 14.6. The van der Waals surface area contributed by atoms with Crippen LogP contribution in [0, 0.1) is 5.82 Å². The maximum absolute atomic E-state index is 13.5. The second-order valence-electron chi connectivity index (χ2n) is 6.38. The van der Waals surface area contributed by atoms with Crippen LogP contribution in [0.1, 0.15) is 33.4 Å². The van der Waals surface area contributed by atoms with E-state index in [1.165, 1.54) is 23.5 Å². The molecule has 0 amide bonds. The van der Waals surface area contributed by atoms with Crippen molar-refractivity contribution < 1.29 is 9.18 Å². The van der Waals surface area contributed by atoms with Gasteiger partial charge < -0.3 is 0 Å². The monoisotopic (exact) mass is 355 g/mol. The fourth-order valence-electron chi connectivity index (χ4n) is 3.26. The summed E-state index contributed by atoms with van der Waals surface area (Å²) >= 11 is 1.50. The lowest BCUT2D eigenvalue weighted by Gasteiger charge is -2.26. The molecule has 1 aliphatic heterocycles. The number of nitrogens with one attached hydrogen (secondary N) is 1. The van der Waals surface area contributed by atoms with Gasteiger partial charge in [0.1, 0.15) is 5.82 Å². The molecule has 0 atom stereocenters. The summed E-state index contributed by atoms with van der Waals surface area (Å²) in [5, 5.41) is 9.57. The van der Waals surface area contributed by atoms with E-state index in [-0.39, 0.29) is 11.6 Å². The van der Waals surface area contributed by atoms with Crippen LogP contribution in [0.3, 0.4) is 0 Å². The van der Waals surface area contributed by atoms with Gasteiger partial charge in [-0.2, -0.15) is 5.10 Å². The van der Waals surface area contributed by atoms with Crippen LogP contribution in [0.4, 0.5) is 4.39 Å². The molecule has 0 fully saturated rings. The predicted octanol–water partition coefficient (Wildman–Crippen LogP) is 4.04. The molecule has 1 aromatic carbocycles. The van der Waals surface area contributed by atoms with E-state index in [0.29, 0.717) is 0 Å². The van der Waals surface area contributed by atoms with Crippen molar-refractivity contribution in [2.45, 2.75) is 26.4 Å². The molecule has 1 N–H and O–H groups in total. The molecule has 4 rings (SSSR count). The number of aromatic amines is 1. The smallest absolute Gasteiger partial charge is 0.169 e. The number of hydrogen-bond acceptors (Lipinski definition) is 4. The average Bonchev–Trinajstić information content (AvgIpc) is 3.21. The standard InChI is InChI=1S/C19H18FN3OS/c1-12(24)18-7-13(11-25-18)9-23-6-5-17-16(10-23)19(22-21-17)14-3-2-4-15(20)8-14/h2-4,7-8,11H,5-6,9-10H2,1H3,(H,21,22). The third-order valence-corrected chi connectivity index (χ3v) is 5.60. The van der Waals surface area contributed by atoms with Gasteiger partial charge in [-0.15, -0.1) is 11.3 Å². The number of benzene rings is 1. The van der Waals surface area contributed by atoms with Gasteiger partial charge in [0.15, 0.2) is 5.78 Å². The Balaban J connectivity index is 1.56. The zero-order chi connectivity index (χ0) is 17.4. The van der Waals surface area contributed by atoms with Gasteiger partial charge in [0.2, 0.25) is 0 Å². The highest BCUT2D eigenvalue weighted by Gasteiger charge is 2.23. The highest BCUT2D eigenvalue weighted by atomic mass is 32.1. The number of aromatic nitrogens is 2. The number of carbonyl (C=O) groups excluding carboxylic acids is 1. The van der Waals surface area contributed by atoms with Crippen LogP contribution in [-0.2, 0) is 19.5 Å². The third-order valence-electron chi connectivity index (χ3n) is 4.52. The minimum Gasteiger partial charge on any atom is -0.294 e. The molecule has 128 valence electrons. The molecule has 3 heterocycles. The summed E-state index contributed by atoms with van der Waals surface area (Å²) < 4.78 is 13.5. The Hall–Kier alpha value is -2.31. The number of rotatable bonds is 4. The maximum atomic E-state index is 13.5. The van der Waals surface area contributed by atoms with Gasteiger partial charge in [-0.25, -0.2) is 4.39 Å². The lowest BCUT2D eigenvalue weighted by atomic mass is 10.0. The quantitative estimate of drug-likeness (QED) is 0.719. The molecule has 0 unspecified atom stereocenters. The van der Waals surface area contributed by atoms with Crippen molar-refractivity contribution in [2.24, 2.45) is 0 Å². The number of ketones is 1. The number of hydrogen-bond donors (Lipinski definition) is 1. The highest BCUT2D eigenvalue weighted by Crippen LogP contribution is 2.29. The molecule has 0 aliphatic carbocycles. The highest BCUT2D eigenvalue weighted by molar-refractivity contribution is 7.12. The molecular formula is C19H18FN3OS. The van der Waals surface area contributed by atoms with Crippen molar-refractivity contribution in [2.75, 3.05) is 6.54 Å². The number of Topliss-reactive ketones (excluding diaryl/α,β-unsaturated/α-hetero) is 1. The summed E-state index contributed by atoms with van der Waals surface area (Å²) in [6.07, 6.45) is 0.890. The molecule has 4 nitrogen and oxygen atoms in total. The average molecular weight is 355 g/mol. The molecule has 25 heavy (non-hydrogen) atoms. The molecule has 6 heteroatoms. The molecule has 2 aromatic heterocycles. The van der Waals surface area contributed by atoms with Crippen molar-refractivity contribution in [1.29, 1.82) is 0 Å². The Morgan fingerprint density at radius 1 is 1.40 bits per heavy atom. The van der Waals surface area contributed by atoms with E-state index in [2.05, 4.69) is 20.5 Å². The molecule has 0 radical (unpaired) electrons. The van der Waals surface area contributed by atoms with Gasteiger partial charge in [-0.3, -0.25) is 14.8 Å². The van der Waals surface area contributed by atoms with Crippen molar-refractivity contribution in [1.82, 2.24) is 15.1 Å². The largest absolute Gasteiger partial charge is 0.294 e. The first kappa shape index (κ1) is 16.2. The Labute approximate surface area is 149 Å². The Morgan fingerprint density at radius 2 is 2.28 bits per heavy atom. The van der Waals surface area contributed by atoms with Crippen LogP contribution in [0.15, 0.2) is 35.7 Å². The van der Waals surface area contributed by atoms with Gasteiger partial charge in [0.25, 0.3) is 0 Å². The number of nitrogens with zero attached hydrogens (tertiary/aromatic N) is 2. The minimum absolute atomic E-state index is 0.111. The molecule has 0 bridgehead atoms. The third kappa shape index (κ3) is 3.27. The maximum Gasteiger partial charge on any atom is 0.169 e. The van der Waals surface area contributed by atoms with E-state index in [1.54, 1.807) is 13.0 Å². The van der Waals surface area contributed by atoms with Crippen molar-refractivity contribution in [3.8, 4) is 11.3 Å². The van der Waals surface area contributed by atoms with Crippen LogP contribution in [0.25, 0.3) is 11.3 Å². The minimum atomic E-state index is -0.253. The zero-order valence-electron chi connectivity index (χ0n) is 13.9. The topological polar surface area (TPSA) is 49.0 Å². The van der Waals surface area contributed by atoms with Crippen molar-refractivity contribution in [3.63, 3.8) is 0 Å². The van der Waals surface area contributed by atoms with Crippen molar-refractivity contribution >= 4 is 17.1 Å². The first-order valence-electron chi connectivity index (χ1n) is 8.23. The second kappa shape index (κ2) is 6.54. The summed E-state index contributed by atoms with van der Waals surface area (Å²) in [6, 6.07) is 8.54. The zero-order valence-corrected chi connectivity index (χ0v) is 14.7. The fraction of sp³-hybridized carbons (Fsp3) is 0.263. The van der Waals surface area contributed by atoms with Gasteiger partial charge >= 0.3 is 0 Å². The number of halogens is 1. The summed E-state index contributed by atoms with van der Waals surface area (Å²) in [7, 11) is 0. The van der Waals surface area contributed by atoms with E-state index in [4.69, 9.17) is 0 Å². The van der Waals surface area contributed by atoms with Crippen LogP contribution in [0.2, 0.25) is 0 Å². The first-order valence-corrected chi connectivity index (χ1v) is 9.11. The molecule has 1 aliphatic rings. The van der Waals surface area contributed by atoms with E-state index in [0.717, 1.165) is 59.0 Å². The molecule has 0 spiro atoms. The number of thiophene rings is 1. The number of fused-ring (bicyclic) bond motifs is 1. The Morgan fingerprint density at radius 3 is 3.04 bits per heavy atom. The summed E-state index contributed by atoms with van der Waals surface area (Å²) in [5.41, 5.74) is 5.06. The Bertz CT molecular complexity index is 930. The SMILES string of the molecule is CC(=O)c1cc(CN2CCc3[nH]nc(-c4cccc(F)c4)c3C2)cs1. The van der Waals surface area contributed by atoms with Crippen LogP contribution in [0.5, 0.6) is 0 Å². The van der Waals surface area contributed by atoms with Crippen LogP contribution < -0.4 is 0 Å². The van der Waals surface area contributed by atoms with Gasteiger partial charge in [-0.05, 0) is 36.1 Å². The Kier molecular flexibility index (Phi) is 4.23. The summed E-state index contributed by atoms with van der Waals surface area (Å²) in [6.45, 7) is 4.10. The fourth-order valence-corrected chi connectivity index (χ4v) is 4.07. The lowest BCUT2D eigenvalue weighted by Crippen LogP contribution is -2.29. The molecule has 3 aromatic rings. The predicted molar refractivity (Wildman–Crippen MR) is 96.1 cm³/mol. The van der Waals surface area contributed by atoms with E-state index in [1.807, 2.05) is 12.1 Å². The second-order valence-corrected chi connectivity index (χ2v) is 7.29. The van der Waals surface area contributed by atoms with Gasteiger partial charge in [-0.1, -0.05) is 12.1 Å². The molecular weight excluding hydrogens is 337 g/mol. The van der Waals surface area contributed by atoms with Crippen LogP contribution >= 0.6 is 11.3 Å². The molecule has 0 saturated heterocycles. The lowest BCUT2D eigenvalue weighted by molar-refractivity contribution is 0.102. The number of H-pyrrole nitrogens is 1. The van der Waals surface area contributed by atoms with Crippen LogP contribution in [-0.4, -0.2) is 27.4 Å². The van der Waals surface area contributed by atoms with Gasteiger partial charge in [0.05, 0.1) is 10.6 Å². The van der Waals surface area contributed by atoms with E-state index < -0.39 is 0 Å².